The number of aliphatic hydroxyl groups excluding tert-OH is 1. The number of hydrogen-bond acceptors (Lipinski definition) is 11. The Bertz CT molecular complexity index is 1000. The van der Waals surface area contributed by atoms with Gasteiger partial charge >= 0.3 is 7.82 Å². The lowest BCUT2D eigenvalue weighted by Gasteiger charge is -2.32. The molecule has 1 saturated heterocycles. The summed E-state index contributed by atoms with van der Waals surface area (Å²) in [6, 6.07) is 0. The van der Waals surface area contributed by atoms with E-state index in [0.717, 1.165) is 0 Å². The predicted molar refractivity (Wildman–Crippen MR) is 120 cm³/mol. The number of ether oxygens (including phenoxy) is 2. The second-order valence-corrected chi connectivity index (χ2v) is 10.5. The summed E-state index contributed by atoms with van der Waals surface area (Å²) in [7, 11) is -2.34. The number of aryl methyl sites for hydroxylation is 1. The Morgan fingerprint density at radius 1 is 1.27 bits per heavy atom. The highest BCUT2D eigenvalue weighted by atomic mass is 31.2. The lowest BCUT2D eigenvalue weighted by molar-refractivity contribution is -0.0661. The van der Waals surface area contributed by atoms with Crippen LogP contribution in [-0.2, 0) is 27.6 Å². The molecule has 2 aromatic rings. The minimum atomic E-state index is -3.88. The van der Waals surface area contributed by atoms with Crippen LogP contribution in [0.3, 0.4) is 0 Å². The molecule has 3 heterocycles. The summed E-state index contributed by atoms with van der Waals surface area (Å²) in [4.78, 5) is 12.9. The van der Waals surface area contributed by atoms with Gasteiger partial charge in [0.25, 0.3) is 0 Å². The molecule has 33 heavy (non-hydrogen) atoms. The number of nitrogen functional groups attached to an aromatic ring is 1. The third-order valence-electron chi connectivity index (χ3n) is 5.24. The molecule has 1 aliphatic heterocycles. The second-order valence-electron chi connectivity index (χ2n) is 8.94. The Balaban J connectivity index is 1.91. The van der Waals surface area contributed by atoms with Gasteiger partial charge in [0.15, 0.2) is 11.5 Å². The van der Waals surface area contributed by atoms with Crippen LogP contribution >= 0.6 is 7.82 Å². The highest BCUT2D eigenvalue weighted by Gasteiger charge is 2.55. The first kappa shape index (κ1) is 26.0. The summed E-state index contributed by atoms with van der Waals surface area (Å²) >= 11 is 0. The van der Waals surface area contributed by atoms with E-state index in [1.54, 1.807) is 45.5 Å². The Kier molecular flexibility index (Phi) is 7.79. The van der Waals surface area contributed by atoms with E-state index in [1.807, 2.05) is 6.92 Å². The SMILES string of the molecule is COCC1(C)[C@@H](O)[C@@H](COP(=O)(OC(C)C)OC(C)C)O[C@H]1n1cnc2c(N)nc(C)nc21. The van der Waals surface area contributed by atoms with Gasteiger partial charge in [-0.3, -0.25) is 18.1 Å². The van der Waals surface area contributed by atoms with Crippen molar-refractivity contribution in [1.82, 2.24) is 19.5 Å². The molecular weight excluding hydrogens is 453 g/mol. The predicted octanol–water partition coefficient (Wildman–Crippen LogP) is 2.60. The molecule has 0 saturated carbocycles. The normalized spacial score (nSPS) is 26.2. The second kappa shape index (κ2) is 9.91. The zero-order valence-electron chi connectivity index (χ0n) is 20.1. The molecule has 1 fully saturated rings. The number of rotatable bonds is 10. The van der Waals surface area contributed by atoms with Crippen LogP contribution in [0.15, 0.2) is 6.33 Å². The van der Waals surface area contributed by atoms with Crippen molar-refractivity contribution in [2.45, 2.75) is 72.2 Å². The van der Waals surface area contributed by atoms with Crippen LogP contribution in [-0.4, -0.2) is 69.4 Å². The number of methoxy groups -OCH3 is 1. The van der Waals surface area contributed by atoms with Crippen molar-refractivity contribution in [3.05, 3.63) is 12.2 Å². The Hall–Kier alpha value is -1.66. The topological polar surface area (TPSA) is 153 Å². The number of imidazole rings is 1. The van der Waals surface area contributed by atoms with Gasteiger partial charge < -0.3 is 20.3 Å². The number of nitrogens with zero attached hydrogens (tertiary/aromatic N) is 4. The average molecular weight is 487 g/mol. The monoisotopic (exact) mass is 487 g/mol. The minimum absolute atomic E-state index is 0.164. The van der Waals surface area contributed by atoms with E-state index in [2.05, 4.69) is 15.0 Å². The van der Waals surface area contributed by atoms with Crippen molar-refractivity contribution in [1.29, 1.82) is 0 Å². The molecular formula is C20H34N5O7P. The lowest BCUT2D eigenvalue weighted by Crippen LogP contribution is -2.41. The molecule has 3 N–H and O–H groups in total. The van der Waals surface area contributed by atoms with Gasteiger partial charge in [-0.1, -0.05) is 6.92 Å². The highest BCUT2D eigenvalue weighted by molar-refractivity contribution is 7.48. The fourth-order valence-electron chi connectivity index (χ4n) is 3.94. The zero-order valence-corrected chi connectivity index (χ0v) is 21.0. The van der Waals surface area contributed by atoms with Crippen LogP contribution in [0.4, 0.5) is 5.82 Å². The molecule has 2 aromatic heterocycles. The van der Waals surface area contributed by atoms with Gasteiger partial charge in [-0.05, 0) is 34.6 Å². The average Bonchev–Trinajstić information content (AvgIpc) is 3.19. The van der Waals surface area contributed by atoms with Crippen molar-refractivity contribution in [2.24, 2.45) is 5.41 Å². The Morgan fingerprint density at radius 2 is 1.91 bits per heavy atom. The maximum Gasteiger partial charge on any atom is 0.475 e. The van der Waals surface area contributed by atoms with Gasteiger partial charge in [0.05, 0.1) is 43.3 Å². The maximum absolute atomic E-state index is 13.1. The van der Waals surface area contributed by atoms with Crippen molar-refractivity contribution in [2.75, 3.05) is 26.1 Å². The Morgan fingerprint density at radius 3 is 2.48 bits per heavy atom. The van der Waals surface area contributed by atoms with Crippen LogP contribution in [0.2, 0.25) is 0 Å². The van der Waals surface area contributed by atoms with Crippen LogP contribution in [0.1, 0.15) is 46.7 Å². The third kappa shape index (κ3) is 5.37. The highest BCUT2D eigenvalue weighted by Crippen LogP contribution is 2.53. The number of nitrogens with two attached hydrogens (primary N) is 1. The number of anilines is 1. The van der Waals surface area contributed by atoms with E-state index < -0.39 is 31.7 Å². The molecule has 12 nitrogen and oxygen atoms in total. The van der Waals surface area contributed by atoms with Crippen molar-refractivity contribution in [3.63, 3.8) is 0 Å². The molecule has 0 amide bonds. The molecule has 4 atom stereocenters. The van der Waals surface area contributed by atoms with Gasteiger partial charge in [-0.25, -0.2) is 19.5 Å². The number of phosphoric ester groups is 1. The molecule has 0 aromatic carbocycles. The molecule has 3 rings (SSSR count). The van der Waals surface area contributed by atoms with Gasteiger partial charge in [0.2, 0.25) is 0 Å². The summed E-state index contributed by atoms with van der Waals surface area (Å²) in [5.41, 5.74) is 5.99. The molecule has 13 heteroatoms. The molecule has 0 spiro atoms. The van der Waals surface area contributed by atoms with Gasteiger partial charge in [-0.2, -0.15) is 0 Å². The number of hydrogen-bond donors (Lipinski definition) is 2. The maximum atomic E-state index is 13.1. The summed E-state index contributed by atoms with van der Waals surface area (Å²) < 4.78 is 42.8. The van der Waals surface area contributed by atoms with Crippen LogP contribution in [0.25, 0.3) is 11.2 Å². The smallest absolute Gasteiger partial charge is 0.389 e. The van der Waals surface area contributed by atoms with Crippen LogP contribution in [0.5, 0.6) is 0 Å². The Labute approximate surface area is 193 Å². The van der Waals surface area contributed by atoms with E-state index in [4.69, 9.17) is 28.8 Å². The lowest BCUT2D eigenvalue weighted by atomic mass is 9.83. The summed E-state index contributed by atoms with van der Waals surface area (Å²) in [6.07, 6.45) is -1.85. The van der Waals surface area contributed by atoms with Gasteiger partial charge in [-0.15, -0.1) is 0 Å². The van der Waals surface area contributed by atoms with E-state index in [-0.39, 0.29) is 31.2 Å². The number of phosphoric acid groups is 1. The first-order valence-corrected chi connectivity index (χ1v) is 12.3. The van der Waals surface area contributed by atoms with Crippen LogP contribution < -0.4 is 5.73 Å². The number of aliphatic hydroxyl groups is 1. The van der Waals surface area contributed by atoms with E-state index in [9.17, 15) is 9.67 Å². The summed E-state index contributed by atoms with van der Waals surface area (Å²) in [5, 5.41) is 11.2. The standard InChI is InChI=1S/C20H34N5O7P/c1-11(2)31-33(27,32-12(3)4)29-8-14-16(26)20(6,9-28-7)19(30-14)25-10-22-15-17(21)23-13(5)24-18(15)25/h10-12,14,16,19,26H,8-9H2,1-7H3,(H2,21,23,24)/t14-,16+,19-,20?/m1/s1. The van der Waals surface area contributed by atoms with Crippen molar-refractivity contribution < 1.29 is 32.7 Å². The third-order valence-corrected chi connectivity index (χ3v) is 7.07. The molecule has 0 bridgehead atoms. The van der Waals surface area contributed by atoms with Gasteiger partial charge in [0.1, 0.15) is 23.7 Å². The van der Waals surface area contributed by atoms with E-state index >= 15 is 0 Å². The summed E-state index contributed by atoms with van der Waals surface area (Å²) in [5.74, 6) is 0.729. The van der Waals surface area contributed by atoms with E-state index in [1.165, 1.54) is 7.11 Å². The fourth-order valence-corrected chi connectivity index (χ4v) is 5.47. The van der Waals surface area contributed by atoms with Crippen LogP contribution in [0, 0.1) is 12.3 Å². The molecule has 1 unspecified atom stereocenters. The zero-order chi connectivity index (χ0) is 24.6. The quantitative estimate of drug-likeness (QED) is 0.475. The molecule has 1 aliphatic rings. The summed E-state index contributed by atoms with van der Waals surface area (Å²) in [6.45, 7) is 10.4. The first-order valence-electron chi connectivity index (χ1n) is 10.8. The molecule has 0 aliphatic carbocycles. The van der Waals surface area contributed by atoms with Crippen molar-refractivity contribution >= 4 is 24.8 Å². The number of aromatic nitrogens is 4. The van der Waals surface area contributed by atoms with Gasteiger partial charge in [0, 0.05) is 7.11 Å². The number of fused-ring (bicyclic) bond motifs is 1. The first-order chi connectivity index (χ1) is 15.4. The van der Waals surface area contributed by atoms with Crippen molar-refractivity contribution in [3.8, 4) is 0 Å². The fraction of sp³-hybridized carbons (Fsp3) is 0.750. The largest absolute Gasteiger partial charge is 0.475 e. The molecule has 0 radical (unpaired) electrons. The minimum Gasteiger partial charge on any atom is -0.389 e. The molecule has 186 valence electrons. The van der Waals surface area contributed by atoms with E-state index in [0.29, 0.717) is 17.0 Å².